The van der Waals surface area contributed by atoms with Gasteiger partial charge in [-0.3, -0.25) is 0 Å². The molecule has 17 heavy (non-hydrogen) atoms. The summed E-state index contributed by atoms with van der Waals surface area (Å²) in [5.41, 5.74) is 1.76. The zero-order valence-corrected chi connectivity index (χ0v) is 11.0. The van der Waals surface area contributed by atoms with Crippen molar-refractivity contribution >= 4 is 11.8 Å². The van der Waals surface area contributed by atoms with Crippen LogP contribution in [0.25, 0.3) is 0 Å². The second kappa shape index (κ2) is 4.94. The van der Waals surface area contributed by atoms with Gasteiger partial charge in [0.2, 0.25) is 0 Å². The number of benzene rings is 1. The lowest BCUT2D eigenvalue weighted by Crippen LogP contribution is -2.07. The van der Waals surface area contributed by atoms with Gasteiger partial charge in [-0.1, -0.05) is 18.2 Å². The number of aliphatic hydroxyl groups is 1. The highest BCUT2D eigenvalue weighted by Crippen LogP contribution is 2.29. The number of nitrogens with zero attached hydrogens (tertiary/aromatic N) is 2. The number of aromatic nitrogens is 2. The molecule has 0 fully saturated rings. The summed E-state index contributed by atoms with van der Waals surface area (Å²) in [6.07, 6.45) is 3.13. The van der Waals surface area contributed by atoms with E-state index in [-0.39, 0.29) is 0 Å². The normalized spacial score (nSPS) is 12.7. The predicted molar refractivity (Wildman–Crippen MR) is 70.2 cm³/mol. The molecule has 1 atom stereocenters. The van der Waals surface area contributed by atoms with Gasteiger partial charge in [-0.25, -0.2) is 4.98 Å². The van der Waals surface area contributed by atoms with E-state index >= 15 is 0 Å². The summed E-state index contributed by atoms with van der Waals surface area (Å²) in [6, 6.07) is 7.91. The molecule has 1 heterocycles. The van der Waals surface area contributed by atoms with Crippen LogP contribution in [0.2, 0.25) is 0 Å². The van der Waals surface area contributed by atoms with Crippen LogP contribution in [0.3, 0.4) is 0 Å². The van der Waals surface area contributed by atoms with Crippen LogP contribution in [-0.4, -0.2) is 20.9 Å². The monoisotopic (exact) mass is 248 g/mol. The second-order valence-corrected chi connectivity index (χ2v) is 4.78. The standard InChI is InChI=1S/C13H16N2OS/c1-9-14-8-11(15(9)2)13(16)10-6-4-5-7-12(10)17-3/h4-8,13,16H,1-3H3. The first-order chi connectivity index (χ1) is 8.15. The maximum absolute atomic E-state index is 10.4. The lowest BCUT2D eigenvalue weighted by atomic mass is 10.1. The molecule has 1 aromatic heterocycles. The summed E-state index contributed by atoms with van der Waals surface area (Å²) in [5, 5.41) is 10.4. The van der Waals surface area contributed by atoms with Crippen molar-refractivity contribution in [3.05, 3.63) is 47.5 Å². The van der Waals surface area contributed by atoms with Gasteiger partial charge in [0.05, 0.1) is 11.9 Å². The Labute approximate surface area is 106 Å². The fraction of sp³-hybridized carbons (Fsp3) is 0.308. The molecule has 1 aromatic carbocycles. The summed E-state index contributed by atoms with van der Waals surface area (Å²) in [5.74, 6) is 0.903. The van der Waals surface area contributed by atoms with Gasteiger partial charge in [-0.2, -0.15) is 0 Å². The number of hydrogen-bond donors (Lipinski definition) is 1. The predicted octanol–water partition coefficient (Wildman–Crippen LogP) is 2.53. The first-order valence-electron chi connectivity index (χ1n) is 5.44. The zero-order chi connectivity index (χ0) is 12.4. The molecule has 2 aromatic rings. The Kier molecular flexibility index (Phi) is 3.54. The minimum atomic E-state index is -0.621. The zero-order valence-electron chi connectivity index (χ0n) is 10.2. The Morgan fingerprint density at radius 3 is 2.65 bits per heavy atom. The van der Waals surface area contributed by atoms with Crippen molar-refractivity contribution < 1.29 is 5.11 Å². The van der Waals surface area contributed by atoms with E-state index in [1.165, 1.54) is 0 Å². The maximum Gasteiger partial charge on any atom is 0.122 e. The van der Waals surface area contributed by atoms with Crippen LogP contribution in [-0.2, 0) is 7.05 Å². The van der Waals surface area contributed by atoms with Crippen LogP contribution < -0.4 is 0 Å². The van der Waals surface area contributed by atoms with E-state index in [9.17, 15) is 5.11 Å². The molecule has 0 aliphatic carbocycles. The average molecular weight is 248 g/mol. The molecule has 0 saturated carbocycles. The van der Waals surface area contributed by atoms with Gasteiger partial charge < -0.3 is 9.67 Å². The van der Waals surface area contributed by atoms with Crippen LogP contribution >= 0.6 is 11.8 Å². The molecule has 0 amide bonds. The van der Waals surface area contributed by atoms with Crippen LogP contribution in [0.1, 0.15) is 23.2 Å². The van der Waals surface area contributed by atoms with Gasteiger partial charge in [-0.15, -0.1) is 11.8 Å². The van der Waals surface area contributed by atoms with E-state index in [1.807, 2.05) is 49.1 Å². The summed E-state index contributed by atoms with van der Waals surface area (Å²) < 4.78 is 1.92. The van der Waals surface area contributed by atoms with Crippen molar-refractivity contribution in [3.8, 4) is 0 Å². The summed E-state index contributed by atoms with van der Waals surface area (Å²) in [6.45, 7) is 1.93. The molecule has 0 radical (unpaired) electrons. The lowest BCUT2D eigenvalue weighted by molar-refractivity contribution is 0.208. The minimum absolute atomic E-state index is 0.621. The number of imidazole rings is 1. The molecular formula is C13H16N2OS. The van der Waals surface area contributed by atoms with Crippen LogP contribution in [0.4, 0.5) is 0 Å². The molecule has 1 unspecified atom stereocenters. The molecule has 2 rings (SSSR count). The number of aryl methyl sites for hydroxylation is 1. The van der Waals surface area contributed by atoms with E-state index in [0.717, 1.165) is 22.0 Å². The average Bonchev–Trinajstić information content (AvgIpc) is 2.69. The first-order valence-corrected chi connectivity index (χ1v) is 6.66. The number of aliphatic hydroxyl groups excluding tert-OH is 1. The van der Waals surface area contributed by atoms with Crippen molar-refractivity contribution in [1.82, 2.24) is 9.55 Å². The topological polar surface area (TPSA) is 38.1 Å². The molecular weight excluding hydrogens is 232 g/mol. The Morgan fingerprint density at radius 1 is 1.35 bits per heavy atom. The van der Waals surface area contributed by atoms with E-state index in [1.54, 1.807) is 18.0 Å². The molecule has 0 aliphatic rings. The molecule has 0 bridgehead atoms. The van der Waals surface area contributed by atoms with Crippen LogP contribution in [0.5, 0.6) is 0 Å². The van der Waals surface area contributed by atoms with Crippen molar-refractivity contribution in [2.45, 2.75) is 17.9 Å². The summed E-state index contributed by atoms with van der Waals surface area (Å²) >= 11 is 1.64. The number of rotatable bonds is 3. The minimum Gasteiger partial charge on any atom is -0.382 e. The highest BCUT2D eigenvalue weighted by atomic mass is 32.2. The first kappa shape index (κ1) is 12.2. The van der Waals surface area contributed by atoms with Crippen molar-refractivity contribution in [1.29, 1.82) is 0 Å². The Balaban J connectivity index is 2.43. The molecule has 0 saturated heterocycles. The molecule has 4 heteroatoms. The van der Waals surface area contributed by atoms with E-state index in [2.05, 4.69) is 4.98 Å². The Hall–Kier alpha value is -1.26. The van der Waals surface area contributed by atoms with Crippen LogP contribution in [0, 0.1) is 6.92 Å². The fourth-order valence-corrected chi connectivity index (χ4v) is 2.46. The van der Waals surface area contributed by atoms with Gasteiger partial charge in [-0.05, 0) is 19.2 Å². The van der Waals surface area contributed by atoms with Gasteiger partial charge in [0.25, 0.3) is 0 Å². The van der Waals surface area contributed by atoms with E-state index in [4.69, 9.17) is 0 Å². The highest BCUT2D eigenvalue weighted by molar-refractivity contribution is 7.98. The smallest absolute Gasteiger partial charge is 0.122 e. The third-order valence-electron chi connectivity index (χ3n) is 2.97. The molecule has 3 nitrogen and oxygen atoms in total. The van der Waals surface area contributed by atoms with Gasteiger partial charge in [0.15, 0.2) is 0 Å². The Bertz CT molecular complexity index is 522. The molecule has 0 spiro atoms. The quantitative estimate of drug-likeness (QED) is 0.848. The van der Waals surface area contributed by atoms with Gasteiger partial charge in [0.1, 0.15) is 11.9 Å². The molecule has 1 N–H and O–H groups in total. The second-order valence-electron chi connectivity index (χ2n) is 3.93. The lowest BCUT2D eigenvalue weighted by Gasteiger charge is -2.15. The summed E-state index contributed by atoms with van der Waals surface area (Å²) in [7, 11) is 1.92. The van der Waals surface area contributed by atoms with E-state index in [0.29, 0.717) is 0 Å². The summed E-state index contributed by atoms with van der Waals surface area (Å²) in [4.78, 5) is 5.31. The number of thioether (sulfide) groups is 1. The fourth-order valence-electron chi connectivity index (χ4n) is 1.83. The molecule has 90 valence electrons. The maximum atomic E-state index is 10.4. The van der Waals surface area contributed by atoms with Gasteiger partial charge in [0, 0.05) is 17.5 Å². The molecule has 0 aliphatic heterocycles. The SMILES string of the molecule is CSc1ccccc1C(O)c1cnc(C)n1C. The third kappa shape index (κ3) is 2.23. The van der Waals surface area contributed by atoms with Crippen molar-refractivity contribution in [2.24, 2.45) is 7.05 Å². The van der Waals surface area contributed by atoms with Crippen molar-refractivity contribution in [2.75, 3.05) is 6.26 Å². The number of hydrogen-bond acceptors (Lipinski definition) is 3. The Morgan fingerprint density at radius 2 is 2.06 bits per heavy atom. The largest absolute Gasteiger partial charge is 0.382 e. The van der Waals surface area contributed by atoms with Crippen LogP contribution in [0.15, 0.2) is 35.4 Å². The van der Waals surface area contributed by atoms with Gasteiger partial charge >= 0.3 is 0 Å². The third-order valence-corrected chi connectivity index (χ3v) is 3.78. The highest BCUT2D eigenvalue weighted by Gasteiger charge is 2.17. The van der Waals surface area contributed by atoms with Crippen molar-refractivity contribution in [3.63, 3.8) is 0 Å². The van der Waals surface area contributed by atoms with E-state index < -0.39 is 6.10 Å².